The smallest absolute Gasteiger partial charge is 0.330 e. The second kappa shape index (κ2) is 6.81. The molecule has 136 valence electrons. The van der Waals surface area contributed by atoms with Crippen molar-refractivity contribution in [1.82, 2.24) is 13.9 Å². The van der Waals surface area contributed by atoms with E-state index in [1.54, 1.807) is 25.1 Å². The summed E-state index contributed by atoms with van der Waals surface area (Å²) in [6.07, 6.45) is 0.961. The molecule has 0 spiro atoms. The maximum Gasteiger partial charge on any atom is 0.330 e. The molecule has 0 fully saturated rings. The lowest BCUT2D eigenvalue weighted by molar-refractivity contribution is 0.570. The quantitative estimate of drug-likeness (QED) is 0.785. The van der Waals surface area contributed by atoms with Crippen molar-refractivity contribution in [3.63, 3.8) is 0 Å². The average molecular weight is 370 g/mol. The van der Waals surface area contributed by atoms with Crippen molar-refractivity contribution in [2.24, 2.45) is 14.1 Å². The number of nitrogens with one attached hydrogen (secondary N) is 1. The predicted molar refractivity (Wildman–Crippen MR) is 91.7 cm³/mol. The van der Waals surface area contributed by atoms with E-state index in [0.29, 0.717) is 15.8 Å². The molecule has 1 aromatic carbocycles. The number of nitrogens with zero attached hydrogens (tertiary/aromatic N) is 3. The summed E-state index contributed by atoms with van der Waals surface area (Å²) in [6, 6.07) is 4.33. The zero-order valence-electron chi connectivity index (χ0n) is 14.3. The SMILES string of the molecule is CN(C)c1ccc(CNS(=O)(=O)c2cn(C)c(=O)n(C)c2=O)cc1F. The first kappa shape index (κ1) is 18.9. The molecule has 0 unspecified atom stereocenters. The second-order valence-electron chi connectivity index (χ2n) is 5.76. The van der Waals surface area contributed by atoms with E-state index < -0.39 is 32.0 Å². The number of benzene rings is 1. The lowest BCUT2D eigenvalue weighted by Crippen LogP contribution is -2.41. The zero-order valence-corrected chi connectivity index (χ0v) is 15.1. The van der Waals surface area contributed by atoms with Crippen LogP contribution in [0, 0.1) is 5.82 Å². The number of rotatable bonds is 5. The van der Waals surface area contributed by atoms with Gasteiger partial charge in [0, 0.05) is 40.9 Å². The number of halogens is 1. The molecule has 10 heteroatoms. The van der Waals surface area contributed by atoms with Gasteiger partial charge >= 0.3 is 5.69 Å². The van der Waals surface area contributed by atoms with Crippen LogP contribution in [0.2, 0.25) is 0 Å². The minimum absolute atomic E-state index is 0.195. The van der Waals surface area contributed by atoms with Gasteiger partial charge in [-0.3, -0.25) is 9.36 Å². The number of anilines is 1. The predicted octanol–water partition coefficient (Wildman–Crippen LogP) is -0.232. The van der Waals surface area contributed by atoms with Crippen LogP contribution in [-0.4, -0.2) is 31.6 Å². The topological polar surface area (TPSA) is 93.4 Å². The normalized spacial score (nSPS) is 11.6. The number of aryl methyl sites for hydroxylation is 1. The van der Waals surface area contributed by atoms with E-state index in [1.807, 2.05) is 0 Å². The summed E-state index contributed by atoms with van der Waals surface area (Å²) in [5, 5.41) is 0. The molecule has 1 N–H and O–H groups in total. The van der Waals surface area contributed by atoms with Gasteiger partial charge in [0.05, 0.1) is 5.69 Å². The summed E-state index contributed by atoms with van der Waals surface area (Å²) < 4.78 is 42.6. The Morgan fingerprint density at radius 1 is 1.20 bits per heavy atom. The lowest BCUT2D eigenvalue weighted by Gasteiger charge is -2.14. The maximum absolute atomic E-state index is 13.9. The Labute approximate surface area is 144 Å². The molecule has 0 aliphatic heterocycles. The van der Waals surface area contributed by atoms with Crippen molar-refractivity contribution in [1.29, 1.82) is 0 Å². The Morgan fingerprint density at radius 2 is 1.84 bits per heavy atom. The van der Waals surface area contributed by atoms with Gasteiger partial charge in [-0.05, 0) is 17.7 Å². The van der Waals surface area contributed by atoms with Crippen molar-refractivity contribution in [2.45, 2.75) is 11.4 Å². The zero-order chi connectivity index (χ0) is 18.9. The molecule has 0 saturated carbocycles. The molecule has 0 amide bonds. The van der Waals surface area contributed by atoms with Crippen molar-refractivity contribution in [2.75, 3.05) is 19.0 Å². The Morgan fingerprint density at radius 3 is 2.40 bits per heavy atom. The van der Waals surface area contributed by atoms with Crippen LogP contribution in [-0.2, 0) is 30.7 Å². The van der Waals surface area contributed by atoms with Gasteiger partial charge in [0.1, 0.15) is 5.82 Å². The fraction of sp³-hybridized carbons (Fsp3) is 0.333. The minimum atomic E-state index is -4.17. The molecule has 2 rings (SSSR count). The van der Waals surface area contributed by atoms with Gasteiger partial charge in [-0.1, -0.05) is 6.07 Å². The van der Waals surface area contributed by atoms with Gasteiger partial charge < -0.3 is 9.47 Å². The highest BCUT2D eigenvalue weighted by atomic mass is 32.2. The Hall–Kier alpha value is -2.46. The van der Waals surface area contributed by atoms with Gasteiger partial charge in [0.15, 0.2) is 4.90 Å². The molecule has 0 saturated heterocycles. The van der Waals surface area contributed by atoms with Crippen LogP contribution >= 0.6 is 0 Å². The highest BCUT2D eigenvalue weighted by Crippen LogP contribution is 2.18. The van der Waals surface area contributed by atoms with Crippen molar-refractivity contribution in [3.8, 4) is 0 Å². The summed E-state index contributed by atoms with van der Waals surface area (Å²) in [5.41, 5.74) is -0.790. The van der Waals surface area contributed by atoms with Crippen molar-refractivity contribution >= 4 is 15.7 Å². The van der Waals surface area contributed by atoms with Crippen LogP contribution in [0.3, 0.4) is 0 Å². The van der Waals surface area contributed by atoms with Crippen LogP contribution in [0.25, 0.3) is 0 Å². The monoisotopic (exact) mass is 370 g/mol. The summed E-state index contributed by atoms with van der Waals surface area (Å²) in [4.78, 5) is 24.7. The molecule has 0 aliphatic carbocycles. The molecule has 25 heavy (non-hydrogen) atoms. The standard InChI is InChI=1S/C15H19FN4O4S/c1-18(2)12-6-5-10(7-11(12)16)8-17-25(23,24)13-9-19(3)15(22)20(4)14(13)21/h5-7,9,17H,8H2,1-4H3. The van der Waals surface area contributed by atoms with Crippen molar-refractivity contribution < 1.29 is 12.8 Å². The van der Waals surface area contributed by atoms with Crippen LogP contribution in [0.15, 0.2) is 38.9 Å². The van der Waals surface area contributed by atoms with E-state index in [0.717, 1.165) is 10.8 Å². The third-order valence-corrected chi connectivity index (χ3v) is 5.05. The van der Waals surface area contributed by atoms with E-state index in [2.05, 4.69) is 4.72 Å². The third-order valence-electron chi connectivity index (χ3n) is 3.66. The number of aromatic nitrogens is 2. The molecule has 0 radical (unpaired) electrons. The first-order valence-corrected chi connectivity index (χ1v) is 8.75. The Bertz CT molecular complexity index is 1020. The van der Waals surface area contributed by atoms with Crippen LogP contribution < -0.4 is 20.9 Å². The van der Waals surface area contributed by atoms with Crippen LogP contribution in [0.5, 0.6) is 0 Å². The van der Waals surface area contributed by atoms with E-state index in [1.165, 1.54) is 26.2 Å². The summed E-state index contributed by atoms with van der Waals surface area (Å²) in [6.45, 7) is -0.195. The molecule has 0 bridgehead atoms. The van der Waals surface area contributed by atoms with Gasteiger partial charge in [-0.2, -0.15) is 0 Å². The highest BCUT2D eigenvalue weighted by Gasteiger charge is 2.21. The molecular weight excluding hydrogens is 351 g/mol. The number of hydrogen-bond donors (Lipinski definition) is 1. The van der Waals surface area contributed by atoms with E-state index in [4.69, 9.17) is 0 Å². The fourth-order valence-corrected chi connectivity index (χ4v) is 3.41. The molecule has 0 atom stereocenters. The fourth-order valence-electron chi connectivity index (χ4n) is 2.24. The molecular formula is C15H19FN4O4S. The van der Waals surface area contributed by atoms with Gasteiger partial charge in [-0.15, -0.1) is 0 Å². The summed E-state index contributed by atoms with van der Waals surface area (Å²) in [5.74, 6) is -0.486. The molecule has 0 aliphatic rings. The summed E-state index contributed by atoms with van der Waals surface area (Å²) >= 11 is 0. The molecule has 2 aromatic rings. The molecule has 8 nitrogen and oxygen atoms in total. The summed E-state index contributed by atoms with van der Waals surface area (Å²) in [7, 11) is 1.75. The average Bonchev–Trinajstić information content (AvgIpc) is 2.54. The first-order chi connectivity index (χ1) is 11.5. The maximum atomic E-state index is 13.9. The van der Waals surface area contributed by atoms with E-state index >= 15 is 0 Å². The molecule has 1 heterocycles. The van der Waals surface area contributed by atoms with E-state index in [9.17, 15) is 22.4 Å². The Kier molecular flexibility index (Phi) is 5.14. The minimum Gasteiger partial charge on any atom is -0.375 e. The van der Waals surface area contributed by atoms with E-state index in [-0.39, 0.29) is 6.54 Å². The van der Waals surface area contributed by atoms with Gasteiger partial charge in [0.25, 0.3) is 5.56 Å². The van der Waals surface area contributed by atoms with Crippen LogP contribution in [0.1, 0.15) is 5.56 Å². The largest absolute Gasteiger partial charge is 0.375 e. The van der Waals surface area contributed by atoms with Gasteiger partial charge in [-0.25, -0.2) is 22.3 Å². The second-order valence-corrected chi connectivity index (χ2v) is 7.49. The molecule has 1 aromatic heterocycles. The van der Waals surface area contributed by atoms with Gasteiger partial charge in [0.2, 0.25) is 10.0 Å². The highest BCUT2D eigenvalue weighted by molar-refractivity contribution is 7.89. The van der Waals surface area contributed by atoms with Crippen LogP contribution in [0.4, 0.5) is 10.1 Å². The van der Waals surface area contributed by atoms with Crippen molar-refractivity contribution in [3.05, 3.63) is 56.6 Å². The first-order valence-electron chi connectivity index (χ1n) is 7.26. The number of sulfonamides is 1. The third kappa shape index (κ3) is 3.80. The number of hydrogen-bond acceptors (Lipinski definition) is 5. The Balaban J connectivity index is 2.31. The lowest BCUT2D eigenvalue weighted by atomic mass is 10.2.